The van der Waals surface area contributed by atoms with Crippen LogP contribution >= 0.6 is 11.6 Å². The Hall–Kier alpha value is -3.36. The van der Waals surface area contributed by atoms with Crippen LogP contribution in [-0.2, 0) is 24.3 Å². The van der Waals surface area contributed by atoms with Gasteiger partial charge in [-0.05, 0) is 48.9 Å². The highest BCUT2D eigenvalue weighted by Crippen LogP contribution is 2.32. The van der Waals surface area contributed by atoms with Crippen molar-refractivity contribution in [2.75, 3.05) is 13.4 Å². The summed E-state index contributed by atoms with van der Waals surface area (Å²) in [6.45, 7) is 1.76. The van der Waals surface area contributed by atoms with Crippen molar-refractivity contribution in [3.8, 4) is 22.9 Å². The van der Waals surface area contributed by atoms with Gasteiger partial charge in [-0.1, -0.05) is 17.7 Å². The highest BCUT2D eigenvalue weighted by molar-refractivity contribution is 6.30. The lowest BCUT2D eigenvalue weighted by Crippen LogP contribution is -2.35. The number of rotatable bonds is 7. The molecule has 2 aromatic carbocycles. The second kappa shape index (κ2) is 9.42. The predicted molar refractivity (Wildman–Crippen MR) is 119 cm³/mol. The number of ether oxygens (including phenoxy) is 2. The number of aromatic nitrogens is 2. The quantitative estimate of drug-likeness (QED) is 0.567. The fourth-order valence-corrected chi connectivity index (χ4v) is 3.64. The molecule has 0 saturated heterocycles. The topological polar surface area (TPSA) is 103 Å². The Morgan fingerprint density at radius 3 is 2.69 bits per heavy atom. The third-order valence-electron chi connectivity index (χ3n) is 5.16. The third kappa shape index (κ3) is 4.61. The molecule has 166 valence electrons. The molecule has 3 aromatic rings. The first kappa shape index (κ1) is 21.9. The zero-order valence-electron chi connectivity index (χ0n) is 17.4. The molecule has 4 rings (SSSR count). The lowest BCUT2D eigenvalue weighted by Gasteiger charge is -2.16. The van der Waals surface area contributed by atoms with Gasteiger partial charge < -0.3 is 19.9 Å². The van der Waals surface area contributed by atoms with Crippen molar-refractivity contribution in [3.63, 3.8) is 0 Å². The summed E-state index contributed by atoms with van der Waals surface area (Å²) in [4.78, 5) is 30.5. The van der Waals surface area contributed by atoms with E-state index in [1.807, 2.05) is 6.07 Å². The zero-order chi connectivity index (χ0) is 22.7. The summed E-state index contributed by atoms with van der Waals surface area (Å²) in [5, 5.41) is 12.7. The number of hydrogen-bond acceptors (Lipinski definition) is 6. The van der Waals surface area contributed by atoms with Crippen molar-refractivity contribution in [1.29, 1.82) is 0 Å². The first-order valence-electron chi connectivity index (χ1n) is 10.1. The fraction of sp³-hybridized carbons (Fsp3) is 0.261. The summed E-state index contributed by atoms with van der Waals surface area (Å²) in [5.74, 6) is 1.32. The first-order valence-corrected chi connectivity index (χ1v) is 10.5. The Morgan fingerprint density at radius 1 is 1.19 bits per heavy atom. The lowest BCUT2D eigenvalue weighted by atomic mass is 10.1. The van der Waals surface area contributed by atoms with E-state index < -0.39 is 0 Å². The lowest BCUT2D eigenvalue weighted by molar-refractivity contribution is -0.121. The van der Waals surface area contributed by atoms with Crippen LogP contribution in [0.4, 0.5) is 0 Å². The number of aliphatic hydroxyl groups excluding tert-OH is 1. The number of carbonyl (C=O) groups is 1. The third-order valence-corrected chi connectivity index (χ3v) is 5.41. The van der Waals surface area contributed by atoms with Crippen LogP contribution in [0.1, 0.15) is 16.8 Å². The fourth-order valence-electron chi connectivity index (χ4n) is 3.52. The van der Waals surface area contributed by atoms with Gasteiger partial charge in [0.2, 0.25) is 12.7 Å². The maximum atomic E-state index is 13.2. The second-order valence-electron chi connectivity index (χ2n) is 7.34. The van der Waals surface area contributed by atoms with Crippen LogP contribution in [-0.4, -0.2) is 34.0 Å². The Labute approximate surface area is 189 Å². The van der Waals surface area contributed by atoms with Crippen LogP contribution in [0.3, 0.4) is 0 Å². The number of nitrogens with zero attached hydrogens (tertiary/aromatic N) is 2. The van der Waals surface area contributed by atoms with Crippen LogP contribution in [0.25, 0.3) is 11.4 Å². The Bertz CT molecular complexity index is 1210. The molecular formula is C23H22ClN3O5. The van der Waals surface area contributed by atoms with Crippen LogP contribution in [0.15, 0.2) is 47.3 Å². The monoisotopic (exact) mass is 455 g/mol. The van der Waals surface area contributed by atoms with Gasteiger partial charge in [0.25, 0.3) is 5.56 Å². The maximum Gasteiger partial charge on any atom is 0.257 e. The largest absolute Gasteiger partial charge is 0.454 e. The Morgan fingerprint density at radius 2 is 1.94 bits per heavy atom. The number of fused-ring (bicyclic) bond motifs is 1. The van der Waals surface area contributed by atoms with Crippen molar-refractivity contribution < 1.29 is 19.4 Å². The molecule has 0 radical (unpaired) electrons. The van der Waals surface area contributed by atoms with Gasteiger partial charge in [0, 0.05) is 41.4 Å². The minimum atomic E-state index is -0.352. The standard InChI is InChI=1S/C23H22ClN3O5/c1-14-18(8-9-28)23(30)27(22(26-14)16-3-5-17(24)6-4-16)12-21(29)25-11-15-2-7-19-20(10-15)32-13-31-19/h2-7,10,28H,8-9,11-13H2,1H3,(H,25,29). The molecule has 1 aromatic heterocycles. The van der Waals surface area contributed by atoms with Crippen LogP contribution in [0, 0.1) is 6.92 Å². The molecular weight excluding hydrogens is 434 g/mol. The van der Waals surface area contributed by atoms with E-state index in [1.54, 1.807) is 43.3 Å². The van der Waals surface area contributed by atoms with Gasteiger partial charge in [0.05, 0.1) is 0 Å². The molecule has 0 unspecified atom stereocenters. The van der Waals surface area contributed by atoms with E-state index in [2.05, 4.69) is 10.3 Å². The average molecular weight is 456 g/mol. The summed E-state index contributed by atoms with van der Waals surface area (Å²) in [6, 6.07) is 12.3. The van der Waals surface area contributed by atoms with E-state index in [4.69, 9.17) is 21.1 Å². The number of benzene rings is 2. The van der Waals surface area contributed by atoms with Gasteiger partial charge >= 0.3 is 0 Å². The summed E-state index contributed by atoms with van der Waals surface area (Å²) >= 11 is 5.99. The zero-order valence-corrected chi connectivity index (χ0v) is 18.2. The Balaban J connectivity index is 1.59. The molecule has 2 heterocycles. The molecule has 8 nitrogen and oxygen atoms in total. The summed E-state index contributed by atoms with van der Waals surface area (Å²) in [5.41, 5.74) is 2.05. The molecule has 0 fully saturated rings. The number of aliphatic hydroxyl groups is 1. The molecule has 1 aliphatic heterocycles. The van der Waals surface area contributed by atoms with E-state index in [1.165, 1.54) is 4.57 Å². The second-order valence-corrected chi connectivity index (χ2v) is 7.77. The van der Waals surface area contributed by atoms with Gasteiger partial charge in [0.15, 0.2) is 11.5 Å². The molecule has 0 spiro atoms. The summed E-state index contributed by atoms with van der Waals surface area (Å²) < 4.78 is 12.0. The molecule has 32 heavy (non-hydrogen) atoms. The number of nitrogens with one attached hydrogen (secondary N) is 1. The number of hydrogen-bond donors (Lipinski definition) is 2. The molecule has 2 N–H and O–H groups in total. The van der Waals surface area contributed by atoms with Crippen LogP contribution in [0.5, 0.6) is 11.5 Å². The average Bonchev–Trinajstić information content (AvgIpc) is 3.25. The van der Waals surface area contributed by atoms with Gasteiger partial charge in [-0.15, -0.1) is 0 Å². The van der Waals surface area contributed by atoms with Crippen LogP contribution < -0.4 is 20.3 Å². The molecule has 0 bridgehead atoms. The number of aryl methyl sites for hydroxylation is 1. The first-order chi connectivity index (χ1) is 15.5. The number of carbonyl (C=O) groups excluding carboxylic acids is 1. The van der Waals surface area contributed by atoms with Gasteiger partial charge in [-0.3, -0.25) is 14.2 Å². The van der Waals surface area contributed by atoms with Gasteiger partial charge in [0.1, 0.15) is 12.4 Å². The minimum Gasteiger partial charge on any atom is -0.454 e. The number of halogens is 1. The number of amides is 1. The molecule has 0 atom stereocenters. The van der Waals surface area contributed by atoms with Crippen molar-refractivity contribution in [2.45, 2.75) is 26.4 Å². The minimum absolute atomic E-state index is 0.164. The molecule has 0 saturated carbocycles. The highest BCUT2D eigenvalue weighted by atomic mass is 35.5. The maximum absolute atomic E-state index is 13.2. The van der Waals surface area contributed by atoms with Crippen molar-refractivity contribution in [3.05, 3.63) is 74.7 Å². The van der Waals surface area contributed by atoms with E-state index in [9.17, 15) is 14.7 Å². The van der Waals surface area contributed by atoms with Crippen molar-refractivity contribution in [1.82, 2.24) is 14.9 Å². The van der Waals surface area contributed by atoms with Crippen molar-refractivity contribution in [2.24, 2.45) is 0 Å². The van der Waals surface area contributed by atoms with E-state index in [0.717, 1.165) is 5.56 Å². The van der Waals surface area contributed by atoms with Gasteiger partial charge in [-0.2, -0.15) is 0 Å². The molecule has 0 aliphatic carbocycles. The molecule has 1 amide bonds. The normalized spacial score (nSPS) is 12.1. The summed E-state index contributed by atoms with van der Waals surface area (Å²) in [6.07, 6.45) is 0.164. The van der Waals surface area contributed by atoms with Crippen molar-refractivity contribution >= 4 is 17.5 Å². The van der Waals surface area contributed by atoms with Crippen LogP contribution in [0.2, 0.25) is 5.02 Å². The molecule has 9 heteroatoms. The Kier molecular flexibility index (Phi) is 6.43. The van der Waals surface area contributed by atoms with E-state index in [0.29, 0.717) is 39.2 Å². The summed E-state index contributed by atoms with van der Waals surface area (Å²) in [7, 11) is 0. The molecule has 1 aliphatic rings. The van der Waals surface area contributed by atoms with E-state index in [-0.39, 0.29) is 44.4 Å². The SMILES string of the molecule is Cc1nc(-c2ccc(Cl)cc2)n(CC(=O)NCc2ccc3c(c2)OCO3)c(=O)c1CCO. The highest BCUT2D eigenvalue weighted by Gasteiger charge is 2.18. The predicted octanol–water partition coefficient (Wildman–Crippen LogP) is 2.45. The van der Waals surface area contributed by atoms with E-state index >= 15 is 0 Å². The van der Waals surface area contributed by atoms with Gasteiger partial charge in [-0.25, -0.2) is 4.98 Å². The smallest absolute Gasteiger partial charge is 0.257 e.